The van der Waals surface area contributed by atoms with Gasteiger partial charge in [0.05, 0.1) is 11.2 Å². The molecule has 3 N–H and O–H groups in total. The summed E-state index contributed by atoms with van der Waals surface area (Å²) in [6, 6.07) is 10.2. The van der Waals surface area contributed by atoms with Crippen LogP contribution in [0.25, 0.3) is 0 Å². The molecular formula is C22H31IN6O2S. The Kier molecular flexibility index (Phi) is 10.9. The number of thiazole rings is 1. The molecule has 1 aliphatic rings. The molecule has 10 heteroatoms. The number of benzene rings is 1. The van der Waals surface area contributed by atoms with E-state index in [2.05, 4.69) is 38.1 Å². The van der Waals surface area contributed by atoms with Gasteiger partial charge in [0.15, 0.2) is 5.96 Å². The molecule has 2 aromatic rings. The molecule has 1 fully saturated rings. The van der Waals surface area contributed by atoms with Crippen LogP contribution in [-0.4, -0.2) is 67.4 Å². The van der Waals surface area contributed by atoms with Crippen LogP contribution in [0, 0.1) is 12.8 Å². The standard InChI is InChI=1S/C22H30N6O2S.HI/c1-16-20(31-15-27-16)21(30)24-9-10-25-22(23-2)26-13-18-12-19(29)28(14-18)11-8-17-6-4-3-5-7-17;/h3-7,15,18H,8-14H2,1-2H3,(H,24,30)(H2,23,25,26);1H. The molecule has 1 aromatic carbocycles. The summed E-state index contributed by atoms with van der Waals surface area (Å²) in [7, 11) is 1.71. The predicted molar refractivity (Wildman–Crippen MR) is 139 cm³/mol. The van der Waals surface area contributed by atoms with Gasteiger partial charge in [0.2, 0.25) is 5.91 Å². The highest BCUT2D eigenvalue weighted by atomic mass is 127. The molecule has 2 amide bonds. The Bertz CT molecular complexity index is 905. The number of aromatic nitrogens is 1. The largest absolute Gasteiger partial charge is 0.356 e. The van der Waals surface area contributed by atoms with Gasteiger partial charge in [-0.1, -0.05) is 30.3 Å². The first kappa shape index (κ1) is 26.0. The third kappa shape index (κ3) is 7.73. The Morgan fingerprint density at radius 2 is 1.97 bits per heavy atom. The fourth-order valence-corrected chi connectivity index (χ4v) is 4.25. The maximum Gasteiger partial charge on any atom is 0.263 e. The van der Waals surface area contributed by atoms with Crippen LogP contribution in [0.4, 0.5) is 0 Å². The monoisotopic (exact) mass is 570 g/mol. The van der Waals surface area contributed by atoms with Crippen LogP contribution in [-0.2, 0) is 11.2 Å². The van der Waals surface area contributed by atoms with Gasteiger partial charge in [0.1, 0.15) is 4.88 Å². The van der Waals surface area contributed by atoms with Crippen LogP contribution < -0.4 is 16.0 Å². The van der Waals surface area contributed by atoms with Crippen molar-refractivity contribution < 1.29 is 9.59 Å². The number of hydrogen-bond acceptors (Lipinski definition) is 5. The normalized spacial score (nSPS) is 15.9. The van der Waals surface area contributed by atoms with E-state index in [4.69, 9.17) is 0 Å². The first-order valence-corrected chi connectivity index (χ1v) is 11.4. The van der Waals surface area contributed by atoms with Crippen molar-refractivity contribution in [2.45, 2.75) is 19.8 Å². The lowest BCUT2D eigenvalue weighted by Gasteiger charge is -2.18. The molecule has 0 radical (unpaired) electrons. The predicted octanol–water partition coefficient (Wildman–Crippen LogP) is 2.06. The molecule has 1 aliphatic heterocycles. The molecule has 0 aliphatic carbocycles. The first-order chi connectivity index (χ1) is 15.1. The molecule has 1 saturated heterocycles. The van der Waals surface area contributed by atoms with Crippen molar-refractivity contribution in [1.82, 2.24) is 25.8 Å². The van der Waals surface area contributed by atoms with Gasteiger partial charge in [-0.25, -0.2) is 4.98 Å². The molecule has 32 heavy (non-hydrogen) atoms. The van der Waals surface area contributed by atoms with E-state index in [-0.39, 0.29) is 41.7 Å². The second kappa shape index (κ2) is 13.4. The number of carbonyl (C=O) groups is 2. The number of nitrogens with zero attached hydrogens (tertiary/aromatic N) is 3. The number of nitrogens with one attached hydrogen (secondary N) is 3. The van der Waals surface area contributed by atoms with Crippen LogP contribution in [0.5, 0.6) is 0 Å². The Labute approximate surface area is 210 Å². The van der Waals surface area contributed by atoms with Crippen molar-refractivity contribution in [3.8, 4) is 0 Å². The number of aliphatic imine (C=N–C) groups is 1. The fraction of sp³-hybridized carbons (Fsp3) is 0.455. The highest BCUT2D eigenvalue weighted by molar-refractivity contribution is 14.0. The molecule has 174 valence electrons. The number of carbonyl (C=O) groups excluding carboxylic acids is 2. The van der Waals surface area contributed by atoms with Gasteiger partial charge in [-0.15, -0.1) is 35.3 Å². The SMILES string of the molecule is CN=C(NCCNC(=O)c1scnc1C)NCC1CC(=O)N(CCc2ccccc2)C1.I. The van der Waals surface area contributed by atoms with Crippen molar-refractivity contribution in [2.24, 2.45) is 10.9 Å². The van der Waals surface area contributed by atoms with Crippen LogP contribution in [0.2, 0.25) is 0 Å². The van der Waals surface area contributed by atoms with Crippen LogP contribution in [0.3, 0.4) is 0 Å². The van der Waals surface area contributed by atoms with Gasteiger partial charge >= 0.3 is 0 Å². The van der Waals surface area contributed by atoms with Gasteiger partial charge in [-0.2, -0.15) is 0 Å². The van der Waals surface area contributed by atoms with Crippen molar-refractivity contribution in [3.63, 3.8) is 0 Å². The summed E-state index contributed by atoms with van der Waals surface area (Å²) in [6.45, 7) is 5.05. The average Bonchev–Trinajstić information content (AvgIpc) is 3.37. The molecule has 1 unspecified atom stereocenters. The summed E-state index contributed by atoms with van der Waals surface area (Å²) in [5, 5.41) is 9.36. The van der Waals surface area contributed by atoms with Gasteiger partial charge in [-0.05, 0) is 18.9 Å². The highest BCUT2D eigenvalue weighted by Crippen LogP contribution is 2.17. The molecule has 1 atom stereocenters. The van der Waals surface area contributed by atoms with E-state index in [0.717, 1.165) is 25.2 Å². The van der Waals surface area contributed by atoms with E-state index < -0.39 is 0 Å². The number of hydrogen-bond donors (Lipinski definition) is 3. The summed E-state index contributed by atoms with van der Waals surface area (Å²) in [4.78, 5) is 35.3. The number of amides is 2. The second-order valence-electron chi connectivity index (χ2n) is 7.55. The van der Waals surface area contributed by atoms with E-state index >= 15 is 0 Å². The third-order valence-corrected chi connectivity index (χ3v) is 6.17. The molecule has 1 aromatic heterocycles. The van der Waals surface area contributed by atoms with E-state index in [0.29, 0.717) is 36.9 Å². The number of halogens is 1. The number of aryl methyl sites for hydroxylation is 1. The number of rotatable bonds is 9. The molecule has 0 bridgehead atoms. The fourth-order valence-electron chi connectivity index (χ4n) is 3.53. The summed E-state index contributed by atoms with van der Waals surface area (Å²) in [5.41, 5.74) is 3.67. The summed E-state index contributed by atoms with van der Waals surface area (Å²) >= 11 is 1.34. The minimum absolute atomic E-state index is 0. The van der Waals surface area contributed by atoms with Crippen LogP contribution in [0.1, 0.15) is 27.3 Å². The highest BCUT2D eigenvalue weighted by Gasteiger charge is 2.29. The second-order valence-corrected chi connectivity index (χ2v) is 8.40. The Hall–Kier alpha value is -2.21. The lowest BCUT2D eigenvalue weighted by Crippen LogP contribution is -2.43. The third-order valence-electron chi connectivity index (χ3n) is 5.24. The van der Waals surface area contributed by atoms with Gasteiger partial charge in [0.25, 0.3) is 5.91 Å². The quantitative estimate of drug-likeness (QED) is 0.186. The Morgan fingerprint density at radius 3 is 2.66 bits per heavy atom. The minimum atomic E-state index is -0.107. The maximum absolute atomic E-state index is 12.3. The van der Waals surface area contributed by atoms with Crippen LogP contribution in [0.15, 0.2) is 40.8 Å². The molecule has 3 rings (SSSR count). The summed E-state index contributed by atoms with van der Waals surface area (Å²) < 4.78 is 0. The average molecular weight is 571 g/mol. The van der Waals surface area contributed by atoms with Gasteiger partial charge in [0, 0.05) is 52.1 Å². The first-order valence-electron chi connectivity index (χ1n) is 10.5. The molecule has 8 nitrogen and oxygen atoms in total. The van der Waals surface area contributed by atoms with Crippen molar-refractivity contribution in [3.05, 3.63) is 52.0 Å². The smallest absolute Gasteiger partial charge is 0.263 e. The van der Waals surface area contributed by atoms with Crippen molar-refractivity contribution in [1.29, 1.82) is 0 Å². The van der Waals surface area contributed by atoms with Gasteiger partial charge in [-0.3, -0.25) is 14.6 Å². The lowest BCUT2D eigenvalue weighted by atomic mass is 10.1. The summed E-state index contributed by atoms with van der Waals surface area (Å²) in [5.74, 6) is 1.03. The molecular weight excluding hydrogens is 539 g/mol. The maximum atomic E-state index is 12.3. The Balaban J connectivity index is 0.00000363. The zero-order chi connectivity index (χ0) is 22.1. The molecule has 2 heterocycles. The van der Waals surface area contributed by atoms with E-state index in [1.165, 1.54) is 16.9 Å². The van der Waals surface area contributed by atoms with Crippen LogP contribution >= 0.6 is 35.3 Å². The Morgan fingerprint density at radius 1 is 1.22 bits per heavy atom. The summed E-state index contributed by atoms with van der Waals surface area (Å²) in [6.07, 6.45) is 1.44. The van der Waals surface area contributed by atoms with E-state index in [1.54, 1.807) is 12.6 Å². The zero-order valence-electron chi connectivity index (χ0n) is 18.5. The zero-order valence-corrected chi connectivity index (χ0v) is 21.6. The van der Waals surface area contributed by atoms with Crippen molar-refractivity contribution in [2.75, 3.05) is 39.8 Å². The molecule has 0 spiro atoms. The van der Waals surface area contributed by atoms with Gasteiger partial charge < -0.3 is 20.9 Å². The topological polar surface area (TPSA) is 98.7 Å². The van der Waals surface area contributed by atoms with Crippen molar-refractivity contribution >= 4 is 53.1 Å². The minimum Gasteiger partial charge on any atom is -0.356 e. The number of guanidine groups is 1. The lowest BCUT2D eigenvalue weighted by molar-refractivity contribution is -0.127. The van der Waals surface area contributed by atoms with E-state index in [9.17, 15) is 9.59 Å². The van der Waals surface area contributed by atoms with E-state index in [1.807, 2.05) is 30.0 Å². The molecule has 0 saturated carbocycles. The number of likely N-dealkylation sites (tertiary alicyclic amines) is 1.